The van der Waals surface area contributed by atoms with E-state index in [0.717, 1.165) is 27.1 Å². The van der Waals surface area contributed by atoms with Crippen LogP contribution >= 0.6 is 0 Å². The second-order valence-electron chi connectivity index (χ2n) is 8.56. The van der Waals surface area contributed by atoms with Gasteiger partial charge in [-0.25, -0.2) is 9.59 Å². The van der Waals surface area contributed by atoms with Gasteiger partial charge in [-0.2, -0.15) is 5.26 Å². The minimum atomic E-state index is -0.998. The fraction of sp³-hybridized carbons (Fsp3) is 0.458. The Labute approximate surface area is 197 Å². The predicted molar refractivity (Wildman–Crippen MR) is 128 cm³/mol. The molecule has 2 rings (SSSR count). The molecule has 0 saturated heterocycles. The highest BCUT2D eigenvalue weighted by Crippen LogP contribution is 2.20. The Morgan fingerprint density at radius 2 is 1.88 bits per heavy atom. The Hall–Kier alpha value is -3.87. The average Bonchev–Trinajstić information content (AvgIpc) is 3.04. The van der Waals surface area contributed by atoms with Crippen LogP contribution in [0.5, 0.6) is 0 Å². The van der Waals surface area contributed by atoms with E-state index in [-0.39, 0.29) is 17.9 Å². The number of nitriles is 1. The molecular formula is C24H31N5O5. The van der Waals surface area contributed by atoms with Crippen LogP contribution < -0.4 is 17.0 Å². The molecule has 10 nitrogen and oxygen atoms in total. The lowest BCUT2D eigenvalue weighted by atomic mass is 10.1. The molecule has 0 aliphatic heterocycles. The molecule has 0 unspecified atom stereocenters. The number of carbonyl (C=O) groups excluding carboxylic acids is 2. The van der Waals surface area contributed by atoms with Gasteiger partial charge in [-0.15, -0.1) is 0 Å². The molecule has 10 heteroatoms. The molecule has 2 aromatic rings. The number of rotatable bonds is 9. The number of ketones is 1. The van der Waals surface area contributed by atoms with Crippen molar-refractivity contribution in [2.24, 2.45) is 13.0 Å². The highest BCUT2D eigenvalue weighted by Gasteiger charge is 2.23. The summed E-state index contributed by atoms with van der Waals surface area (Å²) in [7, 11) is 1.24. The number of esters is 1. The summed E-state index contributed by atoms with van der Waals surface area (Å²) < 4.78 is 9.04. The molecule has 2 N–H and O–H groups in total. The van der Waals surface area contributed by atoms with Crippen molar-refractivity contribution < 1.29 is 14.3 Å². The third kappa shape index (κ3) is 5.36. The van der Waals surface area contributed by atoms with Crippen LogP contribution in [0.4, 0.5) is 5.82 Å². The van der Waals surface area contributed by atoms with Gasteiger partial charge in [0.25, 0.3) is 5.56 Å². The number of nitrogens with zero attached hydrogens (tertiary/aromatic N) is 4. The zero-order chi connectivity index (χ0) is 25.7. The SMILES string of the molecule is CCCn1c(N)c(C(=O)COC(=O)/C(C#N)=C/c2cc(C)n(CC(C)C)c2C)c(=O)n(C)c1=O. The Morgan fingerprint density at radius 1 is 1.24 bits per heavy atom. The van der Waals surface area contributed by atoms with Crippen molar-refractivity contribution in [2.75, 3.05) is 12.3 Å². The van der Waals surface area contributed by atoms with Gasteiger partial charge in [0.2, 0.25) is 5.78 Å². The maximum Gasteiger partial charge on any atom is 0.349 e. The first-order valence-corrected chi connectivity index (χ1v) is 11.0. The van der Waals surface area contributed by atoms with Gasteiger partial charge in [0, 0.05) is 31.5 Å². The number of nitrogen functional groups attached to an aromatic ring is 1. The number of Topliss-reactive ketones (excluding diaryl/α,β-unsaturated/α-hetero) is 1. The summed E-state index contributed by atoms with van der Waals surface area (Å²) in [5.41, 5.74) is 6.30. The molecule has 2 heterocycles. The molecule has 0 aromatic carbocycles. The molecular weight excluding hydrogens is 438 g/mol. The van der Waals surface area contributed by atoms with E-state index >= 15 is 0 Å². The van der Waals surface area contributed by atoms with Gasteiger partial charge in [-0.05, 0) is 43.9 Å². The molecule has 0 saturated carbocycles. The van der Waals surface area contributed by atoms with Gasteiger partial charge in [-0.1, -0.05) is 20.8 Å². The topological polar surface area (TPSA) is 142 Å². The highest BCUT2D eigenvalue weighted by atomic mass is 16.5. The van der Waals surface area contributed by atoms with Crippen molar-refractivity contribution in [3.8, 4) is 6.07 Å². The molecule has 0 fully saturated rings. The quantitative estimate of drug-likeness (QED) is 0.256. The van der Waals surface area contributed by atoms with Crippen molar-refractivity contribution in [2.45, 2.75) is 54.1 Å². The van der Waals surface area contributed by atoms with Crippen LogP contribution in [-0.4, -0.2) is 32.1 Å². The second kappa shape index (κ2) is 10.8. The largest absolute Gasteiger partial charge is 0.453 e. The van der Waals surface area contributed by atoms with E-state index in [1.165, 1.54) is 13.1 Å². The average molecular weight is 470 g/mol. The maximum atomic E-state index is 12.7. The zero-order valence-corrected chi connectivity index (χ0v) is 20.5. The zero-order valence-electron chi connectivity index (χ0n) is 20.5. The number of nitrogens with two attached hydrogens (primary N) is 1. The first kappa shape index (κ1) is 26.4. The summed E-state index contributed by atoms with van der Waals surface area (Å²) in [5.74, 6) is -1.71. The van der Waals surface area contributed by atoms with E-state index in [1.54, 1.807) is 6.07 Å². The number of hydrogen-bond acceptors (Lipinski definition) is 7. The van der Waals surface area contributed by atoms with Crippen LogP contribution in [0.15, 0.2) is 21.2 Å². The minimum absolute atomic E-state index is 0.218. The Morgan fingerprint density at radius 3 is 2.44 bits per heavy atom. The monoisotopic (exact) mass is 469 g/mol. The van der Waals surface area contributed by atoms with Crippen LogP contribution in [0.1, 0.15) is 54.5 Å². The van der Waals surface area contributed by atoms with E-state index in [4.69, 9.17) is 10.5 Å². The van der Waals surface area contributed by atoms with Crippen molar-refractivity contribution in [1.29, 1.82) is 5.26 Å². The van der Waals surface area contributed by atoms with Gasteiger partial charge < -0.3 is 15.0 Å². The second-order valence-corrected chi connectivity index (χ2v) is 8.56. The number of carbonyl (C=O) groups is 2. The lowest BCUT2D eigenvalue weighted by molar-refractivity contribution is -0.137. The lowest BCUT2D eigenvalue weighted by Crippen LogP contribution is -2.43. The summed E-state index contributed by atoms with van der Waals surface area (Å²) in [6.45, 7) is 10.1. The van der Waals surface area contributed by atoms with Crippen LogP contribution in [0.2, 0.25) is 0 Å². The Bertz CT molecular complexity index is 1300. The van der Waals surface area contributed by atoms with E-state index < -0.39 is 35.2 Å². The number of anilines is 1. The molecule has 0 spiro atoms. The minimum Gasteiger partial charge on any atom is -0.453 e. The predicted octanol–water partition coefficient (Wildman–Crippen LogP) is 1.95. The Kier molecular flexibility index (Phi) is 8.41. The van der Waals surface area contributed by atoms with Crippen molar-refractivity contribution in [3.05, 3.63) is 55.0 Å². The van der Waals surface area contributed by atoms with Crippen molar-refractivity contribution >= 4 is 23.6 Å². The molecule has 0 amide bonds. The summed E-state index contributed by atoms with van der Waals surface area (Å²) in [6.07, 6.45) is 1.97. The Balaban J connectivity index is 2.29. The first-order valence-electron chi connectivity index (χ1n) is 11.0. The summed E-state index contributed by atoms with van der Waals surface area (Å²) in [4.78, 5) is 49.9. The van der Waals surface area contributed by atoms with Gasteiger partial charge in [-0.3, -0.25) is 18.7 Å². The summed E-state index contributed by atoms with van der Waals surface area (Å²) in [6, 6.07) is 3.68. The molecule has 34 heavy (non-hydrogen) atoms. The number of hydrogen-bond donors (Lipinski definition) is 1. The van der Waals surface area contributed by atoms with Gasteiger partial charge in [0.1, 0.15) is 23.0 Å². The standard InChI is InChI=1S/C24H31N5O5/c1-7-8-28-21(26)20(22(31)27(6)24(28)33)19(30)13-34-23(32)18(11-25)10-17-9-15(4)29(16(17)5)12-14(2)3/h9-10,14H,7-8,12-13,26H2,1-6H3/b18-10+. The smallest absolute Gasteiger partial charge is 0.349 e. The third-order valence-corrected chi connectivity index (χ3v) is 5.44. The summed E-state index contributed by atoms with van der Waals surface area (Å²) >= 11 is 0. The van der Waals surface area contributed by atoms with E-state index in [0.29, 0.717) is 17.9 Å². The summed E-state index contributed by atoms with van der Waals surface area (Å²) in [5, 5.41) is 9.48. The molecule has 182 valence electrons. The van der Waals surface area contributed by atoms with Gasteiger partial charge in [0.05, 0.1) is 0 Å². The van der Waals surface area contributed by atoms with Crippen molar-refractivity contribution in [3.63, 3.8) is 0 Å². The van der Waals surface area contributed by atoms with Crippen molar-refractivity contribution in [1.82, 2.24) is 13.7 Å². The lowest BCUT2D eigenvalue weighted by Gasteiger charge is -2.13. The normalized spacial score (nSPS) is 11.5. The maximum absolute atomic E-state index is 12.7. The fourth-order valence-electron chi connectivity index (χ4n) is 3.68. The van der Waals surface area contributed by atoms with E-state index in [1.807, 2.05) is 26.8 Å². The highest BCUT2D eigenvalue weighted by molar-refractivity contribution is 6.03. The van der Waals surface area contributed by atoms with Gasteiger partial charge >= 0.3 is 11.7 Å². The van der Waals surface area contributed by atoms with Crippen LogP contribution in [0, 0.1) is 31.1 Å². The molecule has 0 radical (unpaired) electrons. The first-order chi connectivity index (χ1) is 15.9. The third-order valence-electron chi connectivity index (χ3n) is 5.44. The molecule has 0 atom stereocenters. The number of aromatic nitrogens is 3. The van der Waals surface area contributed by atoms with Crippen LogP contribution in [0.3, 0.4) is 0 Å². The molecule has 2 aromatic heterocycles. The number of ether oxygens (including phenoxy) is 1. The molecule has 0 aliphatic rings. The molecule has 0 bridgehead atoms. The molecule has 0 aliphatic carbocycles. The number of aryl methyl sites for hydroxylation is 1. The van der Waals surface area contributed by atoms with E-state index in [9.17, 15) is 24.4 Å². The van der Waals surface area contributed by atoms with E-state index in [2.05, 4.69) is 18.4 Å². The fourth-order valence-corrected chi connectivity index (χ4v) is 3.68. The van der Waals surface area contributed by atoms with Crippen LogP contribution in [0.25, 0.3) is 6.08 Å². The van der Waals surface area contributed by atoms with Crippen LogP contribution in [-0.2, 0) is 29.7 Å². The van der Waals surface area contributed by atoms with Gasteiger partial charge in [0.15, 0.2) is 6.61 Å².